The first-order chi connectivity index (χ1) is 8.94. The first kappa shape index (κ1) is 14.5. The molecule has 0 aliphatic carbocycles. The number of nitrogens with zero attached hydrogens (tertiary/aromatic N) is 1. The van der Waals surface area contributed by atoms with Crippen LogP contribution in [-0.4, -0.2) is 30.9 Å². The Kier molecular flexibility index (Phi) is 4.26. The average molecular weight is 329 g/mol. The van der Waals surface area contributed by atoms with Gasteiger partial charge in [0, 0.05) is 20.1 Å². The van der Waals surface area contributed by atoms with Crippen molar-refractivity contribution in [3.63, 3.8) is 0 Å². The Morgan fingerprint density at radius 2 is 2.32 bits per heavy atom. The van der Waals surface area contributed by atoms with Crippen LogP contribution < -0.4 is 5.32 Å². The Morgan fingerprint density at radius 3 is 2.95 bits per heavy atom. The van der Waals surface area contributed by atoms with Crippen LogP contribution in [0.25, 0.3) is 0 Å². The molecule has 0 radical (unpaired) electrons. The molecule has 1 aliphatic rings. The van der Waals surface area contributed by atoms with E-state index in [0.29, 0.717) is 4.47 Å². The molecule has 104 valence electrons. The van der Waals surface area contributed by atoms with Crippen molar-refractivity contribution in [1.29, 1.82) is 0 Å². The molecule has 1 aromatic rings. The highest BCUT2D eigenvalue weighted by Crippen LogP contribution is 2.31. The molecule has 0 aromatic heterocycles. The molecule has 1 unspecified atom stereocenters. The quantitative estimate of drug-likeness (QED) is 0.924. The SMILES string of the molecule is CNC(=O)C1(C)CCN(Cc2ccc(F)c(Br)c2)C1. The molecular formula is C14H18BrFN2O. The van der Waals surface area contributed by atoms with E-state index in [2.05, 4.69) is 26.1 Å². The van der Waals surface area contributed by atoms with Crippen LogP contribution in [0.4, 0.5) is 4.39 Å². The summed E-state index contributed by atoms with van der Waals surface area (Å²) in [6, 6.07) is 5.05. The Labute approximate surface area is 121 Å². The van der Waals surface area contributed by atoms with Crippen LogP contribution in [0, 0.1) is 11.2 Å². The first-order valence-corrected chi connectivity index (χ1v) is 7.12. The summed E-state index contributed by atoms with van der Waals surface area (Å²) in [6.45, 7) is 4.36. The fourth-order valence-electron chi connectivity index (χ4n) is 2.57. The number of nitrogens with one attached hydrogen (secondary N) is 1. The van der Waals surface area contributed by atoms with Crippen molar-refractivity contribution in [2.75, 3.05) is 20.1 Å². The summed E-state index contributed by atoms with van der Waals surface area (Å²) in [5.74, 6) is -0.157. The van der Waals surface area contributed by atoms with Crippen molar-refractivity contribution in [3.8, 4) is 0 Å². The second-order valence-corrected chi connectivity index (χ2v) is 6.20. The lowest BCUT2D eigenvalue weighted by molar-refractivity contribution is -0.129. The topological polar surface area (TPSA) is 32.3 Å². The number of amides is 1. The number of hydrogen-bond donors (Lipinski definition) is 1. The van der Waals surface area contributed by atoms with Gasteiger partial charge in [0.1, 0.15) is 5.82 Å². The van der Waals surface area contributed by atoms with Crippen molar-refractivity contribution in [2.45, 2.75) is 19.9 Å². The smallest absolute Gasteiger partial charge is 0.227 e. The zero-order valence-corrected chi connectivity index (χ0v) is 12.8. The predicted octanol–water partition coefficient (Wildman–Crippen LogP) is 2.55. The van der Waals surface area contributed by atoms with Gasteiger partial charge in [0.05, 0.1) is 9.89 Å². The molecule has 1 heterocycles. The van der Waals surface area contributed by atoms with Gasteiger partial charge in [0.15, 0.2) is 0 Å². The van der Waals surface area contributed by atoms with Crippen molar-refractivity contribution >= 4 is 21.8 Å². The van der Waals surface area contributed by atoms with Gasteiger partial charge in [-0.05, 0) is 53.5 Å². The lowest BCUT2D eigenvalue weighted by Gasteiger charge is -2.22. The normalized spacial score (nSPS) is 23.6. The third kappa shape index (κ3) is 3.15. The van der Waals surface area contributed by atoms with E-state index in [4.69, 9.17) is 0 Å². The molecular weight excluding hydrogens is 311 g/mol. The Morgan fingerprint density at radius 1 is 1.58 bits per heavy atom. The van der Waals surface area contributed by atoms with E-state index in [1.54, 1.807) is 19.2 Å². The second kappa shape index (κ2) is 5.59. The van der Waals surface area contributed by atoms with Crippen molar-refractivity contribution in [3.05, 3.63) is 34.1 Å². The highest BCUT2D eigenvalue weighted by molar-refractivity contribution is 9.10. The maximum absolute atomic E-state index is 13.2. The first-order valence-electron chi connectivity index (χ1n) is 6.33. The summed E-state index contributed by atoms with van der Waals surface area (Å²) in [7, 11) is 1.67. The monoisotopic (exact) mass is 328 g/mol. The molecule has 1 fully saturated rings. The van der Waals surface area contributed by atoms with Crippen molar-refractivity contribution in [2.24, 2.45) is 5.41 Å². The van der Waals surface area contributed by atoms with Crippen LogP contribution in [0.1, 0.15) is 18.9 Å². The maximum Gasteiger partial charge on any atom is 0.227 e. The summed E-state index contributed by atoms with van der Waals surface area (Å²) in [6.07, 6.45) is 0.856. The molecule has 0 spiro atoms. The zero-order chi connectivity index (χ0) is 14.0. The number of benzene rings is 1. The van der Waals surface area contributed by atoms with E-state index >= 15 is 0 Å². The van der Waals surface area contributed by atoms with Crippen LogP contribution in [0.3, 0.4) is 0 Å². The molecule has 1 atom stereocenters. The lowest BCUT2D eigenvalue weighted by atomic mass is 9.89. The van der Waals surface area contributed by atoms with E-state index in [1.807, 2.05) is 6.92 Å². The molecule has 1 aliphatic heterocycles. The van der Waals surface area contributed by atoms with Crippen LogP contribution in [0.2, 0.25) is 0 Å². The van der Waals surface area contributed by atoms with Gasteiger partial charge in [0.2, 0.25) is 5.91 Å². The Hall–Kier alpha value is -0.940. The zero-order valence-electron chi connectivity index (χ0n) is 11.2. The van der Waals surface area contributed by atoms with Gasteiger partial charge < -0.3 is 5.32 Å². The highest BCUT2D eigenvalue weighted by atomic mass is 79.9. The van der Waals surface area contributed by atoms with E-state index in [-0.39, 0.29) is 17.1 Å². The summed E-state index contributed by atoms with van der Waals surface area (Å²) in [5, 5.41) is 2.73. The minimum absolute atomic E-state index is 0.0929. The summed E-state index contributed by atoms with van der Waals surface area (Å²) in [4.78, 5) is 14.1. The van der Waals surface area contributed by atoms with E-state index in [9.17, 15) is 9.18 Å². The largest absolute Gasteiger partial charge is 0.359 e. The number of likely N-dealkylation sites (tertiary alicyclic amines) is 1. The summed E-state index contributed by atoms with van der Waals surface area (Å²) in [5.41, 5.74) is 0.737. The number of hydrogen-bond acceptors (Lipinski definition) is 2. The highest BCUT2D eigenvalue weighted by Gasteiger charge is 2.39. The van der Waals surface area contributed by atoms with Gasteiger partial charge in [0.25, 0.3) is 0 Å². The van der Waals surface area contributed by atoms with Gasteiger partial charge in [-0.25, -0.2) is 4.39 Å². The summed E-state index contributed by atoms with van der Waals surface area (Å²) < 4.78 is 13.7. The second-order valence-electron chi connectivity index (χ2n) is 5.35. The molecule has 1 aromatic carbocycles. The number of carbonyl (C=O) groups excluding carboxylic acids is 1. The van der Waals surface area contributed by atoms with Crippen molar-refractivity contribution < 1.29 is 9.18 Å². The van der Waals surface area contributed by atoms with Crippen molar-refractivity contribution in [1.82, 2.24) is 10.2 Å². The van der Waals surface area contributed by atoms with Gasteiger partial charge in [-0.15, -0.1) is 0 Å². The Balaban J connectivity index is 2.02. The standard InChI is InChI=1S/C14H18BrFN2O/c1-14(13(19)17-2)5-6-18(9-14)8-10-3-4-12(16)11(15)7-10/h3-4,7H,5-6,8-9H2,1-2H3,(H,17,19). The number of halogens is 2. The molecule has 2 rings (SSSR count). The molecule has 5 heteroatoms. The Bertz CT molecular complexity index is 494. The molecule has 1 N–H and O–H groups in total. The average Bonchev–Trinajstić information content (AvgIpc) is 2.76. The van der Waals surface area contributed by atoms with Gasteiger partial charge in [-0.3, -0.25) is 9.69 Å². The van der Waals surface area contributed by atoms with Crippen LogP contribution in [0.5, 0.6) is 0 Å². The van der Waals surface area contributed by atoms with Crippen LogP contribution in [0.15, 0.2) is 22.7 Å². The fraction of sp³-hybridized carbons (Fsp3) is 0.500. The summed E-state index contributed by atoms with van der Waals surface area (Å²) >= 11 is 3.19. The third-order valence-corrected chi connectivity index (χ3v) is 4.33. The van der Waals surface area contributed by atoms with E-state index in [1.165, 1.54) is 6.07 Å². The van der Waals surface area contributed by atoms with Crippen LogP contribution >= 0.6 is 15.9 Å². The van der Waals surface area contributed by atoms with E-state index in [0.717, 1.165) is 31.6 Å². The predicted molar refractivity (Wildman–Crippen MR) is 76.2 cm³/mol. The number of carbonyl (C=O) groups is 1. The minimum Gasteiger partial charge on any atom is -0.359 e. The number of rotatable bonds is 3. The molecule has 0 saturated carbocycles. The minimum atomic E-state index is -0.313. The molecule has 19 heavy (non-hydrogen) atoms. The fourth-order valence-corrected chi connectivity index (χ4v) is 3.00. The molecule has 0 bridgehead atoms. The van der Waals surface area contributed by atoms with E-state index < -0.39 is 0 Å². The molecule has 1 amide bonds. The lowest BCUT2D eigenvalue weighted by Crippen LogP contribution is -2.39. The maximum atomic E-state index is 13.2. The van der Waals surface area contributed by atoms with Gasteiger partial charge >= 0.3 is 0 Å². The van der Waals surface area contributed by atoms with Gasteiger partial charge in [-0.1, -0.05) is 6.07 Å². The molecule has 3 nitrogen and oxygen atoms in total. The van der Waals surface area contributed by atoms with Crippen LogP contribution in [-0.2, 0) is 11.3 Å². The molecule has 1 saturated heterocycles. The third-order valence-electron chi connectivity index (χ3n) is 3.72. The van der Waals surface area contributed by atoms with Gasteiger partial charge in [-0.2, -0.15) is 0 Å².